The smallest absolute Gasteiger partial charge is 0.332 e. The first-order chi connectivity index (χ1) is 9.63. The van der Waals surface area contributed by atoms with Crippen molar-refractivity contribution >= 4 is 16.9 Å². The standard InChI is InChI=1S/C15H17NO4/c1-2-20-14(15(18)19)8-10-16-9-7-13(17)11-5-3-4-6-12(11)16/h3-7,9,14H,2,8,10H2,1H3,(H,18,19). The van der Waals surface area contributed by atoms with Gasteiger partial charge in [0.15, 0.2) is 11.5 Å². The van der Waals surface area contributed by atoms with E-state index in [4.69, 9.17) is 9.84 Å². The Labute approximate surface area is 116 Å². The first-order valence-corrected chi connectivity index (χ1v) is 6.56. The molecule has 0 fully saturated rings. The monoisotopic (exact) mass is 275 g/mol. The topological polar surface area (TPSA) is 68.5 Å². The number of hydrogen-bond donors (Lipinski definition) is 1. The van der Waals surface area contributed by atoms with Gasteiger partial charge in [-0.2, -0.15) is 0 Å². The van der Waals surface area contributed by atoms with Crippen LogP contribution in [0.3, 0.4) is 0 Å². The van der Waals surface area contributed by atoms with Crippen molar-refractivity contribution in [3.05, 3.63) is 46.8 Å². The van der Waals surface area contributed by atoms with Gasteiger partial charge < -0.3 is 14.4 Å². The highest BCUT2D eigenvalue weighted by atomic mass is 16.5. The Morgan fingerprint density at radius 2 is 2.10 bits per heavy atom. The first kappa shape index (κ1) is 14.3. The molecule has 1 atom stereocenters. The van der Waals surface area contributed by atoms with Crippen LogP contribution < -0.4 is 5.43 Å². The van der Waals surface area contributed by atoms with Gasteiger partial charge in [-0.15, -0.1) is 0 Å². The van der Waals surface area contributed by atoms with E-state index in [1.54, 1.807) is 19.2 Å². The van der Waals surface area contributed by atoms with Crippen LogP contribution in [0.2, 0.25) is 0 Å². The van der Waals surface area contributed by atoms with E-state index >= 15 is 0 Å². The highest BCUT2D eigenvalue weighted by Gasteiger charge is 2.17. The third-order valence-electron chi connectivity index (χ3n) is 3.16. The highest BCUT2D eigenvalue weighted by molar-refractivity contribution is 5.78. The lowest BCUT2D eigenvalue weighted by Crippen LogP contribution is -2.25. The third kappa shape index (κ3) is 3.05. The number of ether oxygens (including phenoxy) is 1. The minimum absolute atomic E-state index is 0.0311. The molecule has 1 aromatic carbocycles. The molecule has 0 spiro atoms. The number of aromatic nitrogens is 1. The van der Waals surface area contributed by atoms with Gasteiger partial charge in [0, 0.05) is 37.2 Å². The fraction of sp³-hybridized carbons (Fsp3) is 0.333. The zero-order valence-corrected chi connectivity index (χ0v) is 11.3. The molecule has 1 aromatic heterocycles. The molecule has 5 nitrogen and oxygen atoms in total. The van der Waals surface area contributed by atoms with Gasteiger partial charge in [-0.3, -0.25) is 4.79 Å². The lowest BCUT2D eigenvalue weighted by atomic mass is 10.2. The molecule has 2 aromatic rings. The number of carbonyl (C=O) groups is 1. The van der Waals surface area contributed by atoms with Crippen LogP contribution in [0.25, 0.3) is 10.9 Å². The van der Waals surface area contributed by atoms with Crippen LogP contribution in [0.5, 0.6) is 0 Å². The molecular formula is C15H17NO4. The van der Waals surface area contributed by atoms with Crippen LogP contribution in [0, 0.1) is 0 Å². The molecule has 2 rings (SSSR count). The molecule has 1 heterocycles. The maximum atomic E-state index is 11.7. The maximum Gasteiger partial charge on any atom is 0.332 e. The quantitative estimate of drug-likeness (QED) is 0.874. The molecule has 1 unspecified atom stereocenters. The third-order valence-corrected chi connectivity index (χ3v) is 3.16. The number of nitrogens with zero attached hydrogens (tertiary/aromatic N) is 1. The summed E-state index contributed by atoms with van der Waals surface area (Å²) in [6, 6.07) is 8.79. The number of aryl methyl sites for hydroxylation is 1. The number of para-hydroxylation sites is 1. The molecular weight excluding hydrogens is 258 g/mol. The van der Waals surface area contributed by atoms with E-state index in [1.165, 1.54) is 6.07 Å². The van der Waals surface area contributed by atoms with Crippen molar-refractivity contribution in [2.75, 3.05) is 6.61 Å². The van der Waals surface area contributed by atoms with Gasteiger partial charge in [-0.25, -0.2) is 4.79 Å². The number of aliphatic carboxylic acids is 1. The van der Waals surface area contributed by atoms with Crippen molar-refractivity contribution in [1.29, 1.82) is 0 Å². The van der Waals surface area contributed by atoms with E-state index in [0.717, 1.165) is 5.52 Å². The largest absolute Gasteiger partial charge is 0.479 e. The van der Waals surface area contributed by atoms with E-state index in [9.17, 15) is 9.59 Å². The second kappa shape index (κ2) is 6.34. The van der Waals surface area contributed by atoms with Crippen LogP contribution in [-0.4, -0.2) is 28.4 Å². The van der Waals surface area contributed by atoms with Crippen LogP contribution in [-0.2, 0) is 16.1 Å². The summed E-state index contributed by atoms with van der Waals surface area (Å²) in [7, 11) is 0. The fourth-order valence-corrected chi connectivity index (χ4v) is 2.19. The molecule has 0 radical (unpaired) electrons. The lowest BCUT2D eigenvalue weighted by Gasteiger charge is -2.15. The number of carboxylic acids is 1. The summed E-state index contributed by atoms with van der Waals surface area (Å²) >= 11 is 0. The summed E-state index contributed by atoms with van der Waals surface area (Å²) in [5.74, 6) is -0.961. The molecule has 106 valence electrons. The number of fused-ring (bicyclic) bond motifs is 1. The Bertz CT molecular complexity index is 662. The SMILES string of the molecule is CCOC(CCn1ccc(=O)c2ccccc21)C(=O)O. The van der Waals surface area contributed by atoms with Gasteiger partial charge in [0.05, 0.1) is 5.52 Å². The van der Waals surface area contributed by atoms with Crippen LogP contribution >= 0.6 is 0 Å². The maximum absolute atomic E-state index is 11.7. The Morgan fingerprint density at radius 1 is 1.35 bits per heavy atom. The molecule has 0 amide bonds. The Kier molecular flexibility index (Phi) is 4.53. The van der Waals surface area contributed by atoms with Crippen LogP contribution in [0.4, 0.5) is 0 Å². The number of rotatable bonds is 6. The summed E-state index contributed by atoms with van der Waals surface area (Å²) in [5.41, 5.74) is 0.775. The predicted molar refractivity (Wildman–Crippen MR) is 75.9 cm³/mol. The van der Waals surface area contributed by atoms with Gasteiger partial charge >= 0.3 is 5.97 Å². The highest BCUT2D eigenvalue weighted by Crippen LogP contribution is 2.11. The van der Waals surface area contributed by atoms with Crippen molar-refractivity contribution in [3.63, 3.8) is 0 Å². The Hall–Kier alpha value is -2.14. The average molecular weight is 275 g/mol. The van der Waals surface area contributed by atoms with Crippen molar-refractivity contribution < 1.29 is 14.6 Å². The predicted octanol–water partition coefficient (Wildman–Crippen LogP) is 1.88. The summed E-state index contributed by atoms with van der Waals surface area (Å²) < 4.78 is 7.07. The molecule has 5 heteroatoms. The molecule has 0 aliphatic carbocycles. The zero-order chi connectivity index (χ0) is 14.5. The summed E-state index contributed by atoms with van der Waals surface area (Å²) in [4.78, 5) is 22.8. The van der Waals surface area contributed by atoms with Gasteiger partial charge in [0.2, 0.25) is 0 Å². The Balaban J connectivity index is 2.24. The van der Waals surface area contributed by atoms with Crippen LogP contribution in [0.15, 0.2) is 41.3 Å². The lowest BCUT2D eigenvalue weighted by molar-refractivity contribution is -0.150. The molecule has 1 N–H and O–H groups in total. The van der Waals surface area contributed by atoms with Gasteiger partial charge in [0.25, 0.3) is 0 Å². The second-order valence-corrected chi connectivity index (χ2v) is 4.46. The van der Waals surface area contributed by atoms with E-state index in [2.05, 4.69) is 0 Å². The Morgan fingerprint density at radius 3 is 2.80 bits per heavy atom. The van der Waals surface area contributed by atoms with E-state index < -0.39 is 12.1 Å². The number of hydrogen-bond acceptors (Lipinski definition) is 3. The van der Waals surface area contributed by atoms with Crippen molar-refractivity contribution in [2.45, 2.75) is 26.0 Å². The van der Waals surface area contributed by atoms with E-state index in [0.29, 0.717) is 25.0 Å². The summed E-state index contributed by atoms with van der Waals surface area (Å²) in [6.45, 7) is 2.62. The van der Waals surface area contributed by atoms with Crippen molar-refractivity contribution in [3.8, 4) is 0 Å². The number of benzene rings is 1. The average Bonchev–Trinajstić information content (AvgIpc) is 2.45. The van der Waals surface area contributed by atoms with E-state index in [-0.39, 0.29) is 5.43 Å². The molecule has 20 heavy (non-hydrogen) atoms. The van der Waals surface area contributed by atoms with Crippen molar-refractivity contribution in [1.82, 2.24) is 4.57 Å². The zero-order valence-electron chi connectivity index (χ0n) is 11.3. The fourth-order valence-electron chi connectivity index (χ4n) is 2.19. The molecule has 0 saturated heterocycles. The summed E-state index contributed by atoms with van der Waals surface area (Å²) in [6.07, 6.45) is 1.23. The first-order valence-electron chi connectivity index (χ1n) is 6.56. The normalized spacial score (nSPS) is 12.4. The summed E-state index contributed by atoms with van der Waals surface area (Å²) in [5, 5.41) is 9.69. The minimum atomic E-state index is -0.961. The number of pyridine rings is 1. The number of carboxylic acid groups (broad SMARTS) is 1. The molecule has 0 aliphatic rings. The van der Waals surface area contributed by atoms with Crippen LogP contribution in [0.1, 0.15) is 13.3 Å². The molecule has 0 saturated carbocycles. The molecule has 0 aliphatic heterocycles. The van der Waals surface area contributed by atoms with Gasteiger partial charge in [-0.05, 0) is 19.1 Å². The van der Waals surface area contributed by atoms with Crippen molar-refractivity contribution in [2.24, 2.45) is 0 Å². The van der Waals surface area contributed by atoms with E-state index in [1.807, 2.05) is 22.8 Å². The second-order valence-electron chi connectivity index (χ2n) is 4.46. The van der Waals surface area contributed by atoms with Gasteiger partial charge in [-0.1, -0.05) is 12.1 Å². The molecule has 0 bridgehead atoms. The minimum Gasteiger partial charge on any atom is -0.479 e. The van der Waals surface area contributed by atoms with Gasteiger partial charge in [0.1, 0.15) is 0 Å².